The average molecular weight is 987 g/mol. The van der Waals surface area contributed by atoms with Crippen molar-refractivity contribution in [1.29, 1.82) is 0 Å². The second-order valence-electron chi connectivity index (χ2n) is 20.7. The molecule has 70 heavy (non-hydrogen) atoms. The number of carbonyl (C=O) groups excluding carboxylic acids is 2. The second-order valence-corrected chi connectivity index (χ2v) is 20.7. The molecule has 0 aromatic heterocycles. The lowest BCUT2D eigenvalue weighted by Gasteiger charge is -2.49. The first-order chi connectivity index (χ1) is 32.9. The van der Waals surface area contributed by atoms with Crippen LogP contribution >= 0.6 is 0 Å². The van der Waals surface area contributed by atoms with Crippen molar-refractivity contribution in [2.24, 2.45) is 28.8 Å². The zero-order valence-corrected chi connectivity index (χ0v) is 43.6. The van der Waals surface area contributed by atoms with Crippen LogP contribution in [0.4, 0.5) is 0 Å². The summed E-state index contributed by atoms with van der Waals surface area (Å²) in [5.41, 5.74) is -4.23. The van der Waals surface area contributed by atoms with Crippen molar-refractivity contribution < 1.29 is 72.7 Å². The highest BCUT2D eigenvalue weighted by Crippen LogP contribution is 2.42. The number of aliphatic hydroxyl groups excluding tert-OH is 2. The summed E-state index contributed by atoms with van der Waals surface area (Å²) in [5.74, 6) is -4.08. The predicted octanol–water partition coefficient (Wildman–Crippen LogP) is 5.92. The van der Waals surface area contributed by atoms with Gasteiger partial charge in [-0.15, -0.1) is 0 Å². The smallest absolute Gasteiger partial charge is 0.338 e. The molecule has 0 spiro atoms. The van der Waals surface area contributed by atoms with Crippen LogP contribution in [0.3, 0.4) is 0 Å². The Bertz CT molecular complexity index is 1970. The number of cyclic esters (lactones) is 1. The van der Waals surface area contributed by atoms with Crippen LogP contribution in [0.2, 0.25) is 0 Å². The molecule has 3 saturated heterocycles. The van der Waals surface area contributed by atoms with Crippen molar-refractivity contribution in [3.63, 3.8) is 0 Å². The molecule has 18 atom stereocenters. The maximum Gasteiger partial charge on any atom is 0.338 e. The molecule has 17 nitrogen and oxygen atoms in total. The van der Waals surface area contributed by atoms with E-state index >= 15 is 0 Å². The van der Waals surface area contributed by atoms with E-state index in [0.29, 0.717) is 30.7 Å². The minimum atomic E-state index is -1.99. The Kier molecular flexibility index (Phi) is 20.2. The summed E-state index contributed by atoms with van der Waals surface area (Å²) in [5, 5.41) is 53.7. The van der Waals surface area contributed by atoms with Gasteiger partial charge in [-0.2, -0.15) is 0 Å². The van der Waals surface area contributed by atoms with E-state index < -0.39 is 108 Å². The normalized spacial score (nSPS) is 39.7. The molecular formula is C53H82N2O15. The first-order valence-corrected chi connectivity index (χ1v) is 24.9. The van der Waals surface area contributed by atoms with E-state index in [2.05, 4.69) is 5.16 Å². The molecule has 3 heterocycles. The van der Waals surface area contributed by atoms with Crippen LogP contribution in [0, 0.1) is 23.7 Å². The number of benzene rings is 2. The molecule has 3 aliphatic rings. The summed E-state index contributed by atoms with van der Waals surface area (Å²) in [7, 11) is 5.24. The topological polar surface area (TPSA) is 214 Å². The van der Waals surface area contributed by atoms with Crippen molar-refractivity contribution in [3.8, 4) is 5.75 Å². The van der Waals surface area contributed by atoms with Crippen LogP contribution in [0.25, 0.3) is 0 Å². The van der Waals surface area contributed by atoms with Crippen LogP contribution in [-0.4, -0.2) is 162 Å². The monoisotopic (exact) mass is 987 g/mol. The van der Waals surface area contributed by atoms with Crippen molar-refractivity contribution in [2.75, 3.05) is 34.4 Å². The number of oxime groups is 1. The number of hydrogen-bond acceptors (Lipinski definition) is 17. The number of aliphatic hydroxyl groups is 4. The summed E-state index contributed by atoms with van der Waals surface area (Å²) in [6.45, 7) is 17.7. The fourth-order valence-electron chi connectivity index (χ4n) is 10.5. The molecule has 3 fully saturated rings. The minimum absolute atomic E-state index is 0.0358. The van der Waals surface area contributed by atoms with Crippen LogP contribution in [0.5, 0.6) is 5.75 Å². The lowest BCUT2D eigenvalue weighted by atomic mass is 9.73. The van der Waals surface area contributed by atoms with Gasteiger partial charge in [-0.1, -0.05) is 69.2 Å². The molecular weight excluding hydrogens is 905 g/mol. The van der Waals surface area contributed by atoms with Gasteiger partial charge in [-0.3, -0.25) is 4.79 Å². The highest BCUT2D eigenvalue weighted by molar-refractivity contribution is 5.89. The molecule has 394 valence electrons. The number of para-hydroxylation sites is 1. The standard InChI is InChI=1S/C53H82N2O15/c1-14-40-53(10,61)45(57)33(4)42(54-64-27-21-26-63-38-24-19-16-20-25-38)31(2)29-51(8,60)46(70-50-43(56)39(55(11)12)28-32(3)65-50)34(5)44(35(6)48(58)67-40)68-41-30-52(9,62-13)47(36(7)66-41)69-49(59)37-22-17-15-18-23-37/h15-20,22-25,31-36,39-41,43-47,50,56-57,60-61H,14,21,26-30H2,1-13H3/b54-42+/t31-,32-,33+,34+,35-,36+,39+,40-,41?,43-,44+,45-,46-,47+,50+,51?,52-,53-/m1/s1. The van der Waals surface area contributed by atoms with Gasteiger partial charge in [0.05, 0.1) is 59.9 Å². The van der Waals surface area contributed by atoms with E-state index in [1.54, 1.807) is 78.8 Å². The number of esters is 2. The predicted molar refractivity (Wildman–Crippen MR) is 261 cm³/mol. The summed E-state index contributed by atoms with van der Waals surface area (Å²) >= 11 is 0. The van der Waals surface area contributed by atoms with Crippen molar-refractivity contribution in [1.82, 2.24) is 4.90 Å². The third-order valence-corrected chi connectivity index (χ3v) is 14.6. The summed E-state index contributed by atoms with van der Waals surface area (Å²) in [6.07, 6.45) is -9.32. The number of methoxy groups -OCH3 is 1. The fourth-order valence-corrected chi connectivity index (χ4v) is 10.5. The van der Waals surface area contributed by atoms with Crippen molar-refractivity contribution in [2.45, 2.75) is 186 Å². The molecule has 3 aliphatic heterocycles. The number of likely N-dealkylation sites (N-methyl/N-ethyl adjacent to an activating group) is 1. The Balaban J connectivity index is 1.54. The van der Waals surface area contributed by atoms with Gasteiger partial charge in [-0.25, -0.2) is 4.79 Å². The molecule has 0 saturated carbocycles. The molecule has 0 bridgehead atoms. The average Bonchev–Trinajstić information content (AvgIpc) is 3.32. The Morgan fingerprint density at radius 1 is 0.857 bits per heavy atom. The van der Waals surface area contributed by atoms with E-state index in [-0.39, 0.29) is 38.0 Å². The number of ether oxygens (including phenoxy) is 8. The largest absolute Gasteiger partial charge is 0.493 e. The van der Waals surface area contributed by atoms with Gasteiger partial charge in [0, 0.05) is 43.7 Å². The van der Waals surface area contributed by atoms with E-state index in [1.807, 2.05) is 63.2 Å². The quantitative estimate of drug-likeness (QED) is 0.0926. The fraction of sp³-hybridized carbons (Fsp3) is 0.717. The van der Waals surface area contributed by atoms with Crippen LogP contribution in [-0.2, 0) is 42.8 Å². The maximum absolute atomic E-state index is 14.6. The molecule has 2 aromatic carbocycles. The van der Waals surface area contributed by atoms with Crippen LogP contribution in [0.15, 0.2) is 65.8 Å². The van der Waals surface area contributed by atoms with Crippen molar-refractivity contribution >= 4 is 17.7 Å². The highest BCUT2D eigenvalue weighted by atomic mass is 16.7. The van der Waals surface area contributed by atoms with Crippen molar-refractivity contribution in [3.05, 3.63) is 66.2 Å². The lowest BCUT2D eigenvalue weighted by Crippen LogP contribution is -2.61. The molecule has 4 N–H and O–H groups in total. The van der Waals surface area contributed by atoms with Gasteiger partial charge >= 0.3 is 11.9 Å². The van der Waals surface area contributed by atoms with Gasteiger partial charge in [0.25, 0.3) is 0 Å². The number of nitrogens with zero attached hydrogens (tertiary/aromatic N) is 2. The molecule has 5 rings (SSSR count). The molecule has 0 radical (unpaired) electrons. The Morgan fingerprint density at radius 3 is 2.11 bits per heavy atom. The summed E-state index contributed by atoms with van der Waals surface area (Å²) < 4.78 is 50.7. The van der Waals surface area contributed by atoms with E-state index in [1.165, 1.54) is 14.0 Å². The molecule has 2 aromatic rings. The third-order valence-electron chi connectivity index (χ3n) is 14.6. The Labute approximate surface area is 415 Å². The SMILES string of the molecule is CC[C@H]1OC(=O)[C@H](C)[C@@H](OC2C[C@@](C)(OC)[C@@H](OC(=O)c3ccccc3)[C@H](C)O2)[C@H](C)[C@@H](O[C@@H]2O[C@H](C)C[C@H](N(C)C)[C@H]2O)C(C)(O)C[C@@H](C)/C(=N\OCCCOc2ccccc2)[C@H](C)[C@@H](O)[C@]1(C)O. The summed E-state index contributed by atoms with van der Waals surface area (Å²) in [4.78, 5) is 35.8. The Morgan fingerprint density at radius 2 is 1.50 bits per heavy atom. The minimum Gasteiger partial charge on any atom is -0.493 e. The molecule has 17 heteroatoms. The maximum atomic E-state index is 14.6. The Hall–Kier alpha value is -3.75. The van der Waals surface area contributed by atoms with Gasteiger partial charge in [0.2, 0.25) is 0 Å². The van der Waals surface area contributed by atoms with Crippen LogP contribution < -0.4 is 4.74 Å². The highest BCUT2D eigenvalue weighted by Gasteiger charge is 2.54. The zero-order chi connectivity index (χ0) is 51.7. The molecule has 0 amide bonds. The van der Waals surface area contributed by atoms with E-state index in [9.17, 15) is 30.0 Å². The van der Waals surface area contributed by atoms with Gasteiger partial charge in [0.15, 0.2) is 18.7 Å². The van der Waals surface area contributed by atoms with Gasteiger partial charge in [0.1, 0.15) is 35.8 Å². The van der Waals surface area contributed by atoms with E-state index in [4.69, 9.17) is 42.7 Å². The lowest BCUT2D eigenvalue weighted by molar-refractivity contribution is -0.317. The first kappa shape index (κ1) is 57.2. The number of hydrogen-bond donors (Lipinski definition) is 4. The van der Waals surface area contributed by atoms with Gasteiger partial charge in [-0.05, 0) is 99.2 Å². The zero-order valence-electron chi connectivity index (χ0n) is 43.6. The van der Waals surface area contributed by atoms with E-state index in [0.717, 1.165) is 5.75 Å². The molecule has 2 unspecified atom stereocenters. The molecule has 0 aliphatic carbocycles. The summed E-state index contributed by atoms with van der Waals surface area (Å²) in [6, 6.07) is 17.6. The third kappa shape index (κ3) is 13.8. The number of carbonyl (C=O) groups is 2. The van der Waals surface area contributed by atoms with Crippen LogP contribution in [0.1, 0.15) is 112 Å². The first-order valence-electron chi connectivity index (χ1n) is 24.9. The van der Waals surface area contributed by atoms with Gasteiger partial charge < -0.3 is 68.1 Å². The number of rotatable bonds is 15. The second kappa shape index (κ2) is 24.8.